The van der Waals surface area contributed by atoms with Crippen LogP contribution in [0.1, 0.15) is 6.42 Å². The first-order chi connectivity index (χ1) is 5.87. The first-order valence-corrected chi connectivity index (χ1v) is 5.42. The summed E-state index contributed by atoms with van der Waals surface area (Å²) in [6.07, 6.45) is 0.198. The highest BCUT2D eigenvalue weighted by Gasteiger charge is 2.22. The Hall–Kier alpha value is 1.37. The van der Waals surface area contributed by atoms with Gasteiger partial charge in [0.15, 0.2) is 3.79 Å². The zero-order valence-electron chi connectivity index (χ0n) is 6.48. The third kappa shape index (κ3) is 8.37. The summed E-state index contributed by atoms with van der Waals surface area (Å²) in [7, 11) is 0. The number of hydrogen-bond donors (Lipinski definition) is 0. The molecule has 2 nitrogen and oxygen atoms in total. The van der Waals surface area contributed by atoms with E-state index in [1.54, 1.807) is 0 Å². The highest BCUT2D eigenvalue weighted by atomic mass is 35.6. The van der Waals surface area contributed by atoms with E-state index in [0.717, 1.165) is 0 Å². The van der Waals surface area contributed by atoms with Crippen LogP contribution in [0, 0.1) is 0 Å². The summed E-state index contributed by atoms with van der Waals surface area (Å²) in [6.45, 7) is -0.364. The van der Waals surface area contributed by atoms with E-state index in [2.05, 4.69) is 0 Å². The lowest BCUT2D eigenvalue weighted by Crippen LogP contribution is -2.23. The molecular formula is C6H8Cl5O2. The molecule has 0 heterocycles. The fourth-order valence-corrected chi connectivity index (χ4v) is 0.933. The second kappa shape index (κ2) is 6.78. The van der Waals surface area contributed by atoms with Crippen molar-refractivity contribution in [1.82, 2.24) is 0 Å². The average Bonchev–Trinajstić information content (AvgIpc) is 2.00. The summed E-state index contributed by atoms with van der Waals surface area (Å²) in [4.78, 5) is 0. The second-order valence-electron chi connectivity index (χ2n) is 2.27. The van der Waals surface area contributed by atoms with Gasteiger partial charge in [-0.3, -0.25) is 0 Å². The van der Waals surface area contributed by atoms with Crippen molar-refractivity contribution in [3.63, 3.8) is 0 Å². The second-order valence-corrected chi connectivity index (χ2v) is 5.78. The van der Waals surface area contributed by atoms with Crippen LogP contribution < -0.4 is 0 Å². The molecule has 79 valence electrons. The van der Waals surface area contributed by atoms with Crippen LogP contribution in [0.3, 0.4) is 0 Å². The lowest BCUT2D eigenvalue weighted by Gasteiger charge is -2.16. The Bertz CT molecular complexity index is 137. The summed E-state index contributed by atoms with van der Waals surface area (Å²) in [5, 5.41) is 9.49. The van der Waals surface area contributed by atoms with Gasteiger partial charge in [0.25, 0.3) is 0 Å². The lowest BCUT2D eigenvalue weighted by atomic mass is 10.4. The Morgan fingerprint density at radius 2 is 1.77 bits per heavy atom. The Kier molecular flexibility index (Phi) is 7.50. The minimum atomic E-state index is -1.37. The van der Waals surface area contributed by atoms with Crippen LogP contribution in [0.4, 0.5) is 0 Å². The lowest BCUT2D eigenvalue weighted by molar-refractivity contribution is 0.0765. The average molecular weight is 289 g/mol. The SMILES string of the molecule is [O]CC(Cl)C(Cl)OCCC(Cl)(Cl)Cl. The number of hydrogen-bond acceptors (Lipinski definition) is 1. The van der Waals surface area contributed by atoms with Crippen molar-refractivity contribution in [3.05, 3.63) is 0 Å². The Balaban J connectivity index is 3.53. The molecule has 2 atom stereocenters. The van der Waals surface area contributed by atoms with E-state index in [1.807, 2.05) is 0 Å². The minimum Gasteiger partial charge on any atom is -0.361 e. The first kappa shape index (κ1) is 14.4. The van der Waals surface area contributed by atoms with Crippen molar-refractivity contribution in [1.29, 1.82) is 0 Å². The minimum absolute atomic E-state index is 0.147. The fourth-order valence-electron chi connectivity index (χ4n) is 0.467. The molecule has 7 heteroatoms. The molecule has 0 saturated heterocycles. The molecule has 2 unspecified atom stereocenters. The maximum Gasteiger partial charge on any atom is 0.192 e. The monoisotopic (exact) mass is 287 g/mol. The van der Waals surface area contributed by atoms with E-state index in [-0.39, 0.29) is 13.0 Å². The smallest absolute Gasteiger partial charge is 0.192 e. The summed E-state index contributed by atoms with van der Waals surface area (Å²) < 4.78 is 3.59. The molecule has 0 aromatic rings. The largest absolute Gasteiger partial charge is 0.361 e. The summed E-state index contributed by atoms with van der Waals surface area (Å²) >= 11 is 27.4. The van der Waals surface area contributed by atoms with Gasteiger partial charge in [0.05, 0.1) is 6.61 Å². The van der Waals surface area contributed by atoms with E-state index in [9.17, 15) is 5.11 Å². The van der Waals surface area contributed by atoms with Gasteiger partial charge in [0.1, 0.15) is 17.5 Å². The van der Waals surface area contributed by atoms with Gasteiger partial charge < -0.3 is 4.74 Å². The van der Waals surface area contributed by atoms with Gasteiger partial charge in [0, 0.05) is 6.42 Å². The molecule has 1 radical (unpaired) electrons. The molecule has 0 bridgehead atoms. The van der Waals surface area contributed by atoms with Crippen molar-refractivity contribution in [2.75, 3.05) is 13.2 Å². The van der Waals surface area contributed by atoms with E-state index < -0.39 is 21.3 Å². The molecule has 0 saturated carbocycles. The van der Waals surface area contributed by atoms with Crippen molar-refractivity contribution in [3.8, 4) is 0 Å². The van der Waals surface area contributed by atoms with Gasteiger partial charge >= 0.3 is 0 Å². The molecule has 0 aliphatic rings. The molecular weight excluding hydrogens is 281 g/mol. The molecule has 0 amide bonds. The van der Waals surface area contributed by atoms with E-state index in [0.29, 0.717) is 0 Å². The van der Waals surface area contributed by atoms with Crippen molar-refractivity contribution in [2.45, 2.75) is 21.2 Å². The van der Waals surface area contributed by atoms with Crippen molar-refractivity contribution < 1.29 is 9.84 Å². The van der Waals surface area contributed by atoms with Crippen LogP contribution in [-0.2, 0) is 9.84 Å². The third-order valence-corrected chi connectivity index (χ3v) is 2.59. The number of halogens is 5. The van der Waals surface area contributed by atoms with E-state index in [1.165, 1.54) is 0 Å². The summed E-state index contributed by atoms with van der Waals surface area (Å²) in [5.41, 5.74) is -0.841. The van der Waals surface area contributed by atoms with Gasteiger partial charge in [-0.1, -0.05) is 46.4 Å². The predicted octanol–water partition coefficient (Wildman–Crippen LogP) is 3.37. The van der Waals surface area contributed by atoms with Crippen LogP contribution in [0.25, 0.3) is 0 Å². The zero-order valence-corrected chi connectivity index (χ0v) is 10.3. The Labute approximate surface area is 102 Å². The van der Waals surface area contributed by atoms with Crippen LogP contribution in [0.2, 0.25) is 0 Å². The van der Waals surface area contributed by atoms with Gasteiger partial charge in [-0.05, 0) is 0 Å². The van der Waals surface area contributed by atoms with Crippen LogP contribution in [0.5, 0.6) is 0 Å². The quantitative estimate of drug-likeness (QED) is 0.713. The molecule has 0 aromatic heterocycles. The Morgan fingerprint density at radius 3 is 2.15 bits per heavy atom. The number of alkyl halides is 5. The topological polar surface area (TPSA) is 29.1 Å². The van der Waals surface area contributed by atoms with Gasteiger partial charge in [-0.25, -0.2) is 5.11 Å². The molecule has 0 rings (SSSR count). The molecule has 0 fully saturated rings. The normalized spacial score (nSPS) is 17.1. The molecule has 13 heavy (non-hydrogen) atoms. The fraction of sp³-hybridized carbons (Fsp3) is 1.00. The Morgan fingerprint density at radius 1 is 1.23 bits per heavy atom. The van der Waals surface area contributed by atoms with Gasteiger partial charge in [-0.15, -0.1) is 11.6 Å². The first-order valence-electron chi connectivity index (χ1n) is 3.41. The van der Waals surface area contributed by atoms with Crippen LogP contribution in [-0.4, -0.2) is 27.9 Å². The maximum absolute atomic E-state index is 10.3. The van der Waals surface area contributed by atoms with Crippen LogP contribution >= 0.6 is 58.0 Å². The number of rotatable bonds is 5. The van der Waals surface area contributed by atoms with Crippen LogP contribution in [0.15, 0.2) is 0 Å². The van der Waals surface area contributed by atoms with E-state index >= 15 is 0 Å². The predicted molar refractivity (Wildman–Crippen MR) is 55.7 cm³/mol. The maximum atomic E-state index is 10.3. The summed E-state index contributed by atoms with van der Waals surface area (Å²) in [5.74, 6) is 0. The van der Waals surface area contributed by atoms with Crippen molar-refractivity contribution in [2.24, 2.45) is 0 Å². The molecule has 0 N–H and O–H groups in total. The molecule has 0 aliphatic carbocycles. The van der Waals surface area contributed by atoms with Gasteiger partial charge in [0.2, 0.25) is 0 Å². The molecule has 0 aliphatic heterocycles. The third-order valence-electron chi connectivity index (χ3n) is 1.11. The van der Waals surface area contributed by atoms with Crippen molar-refractivity contribution >= 4 is 58.0 Å². The molecule has 0 spiro atoms. The number of ether oxygens (including phenoxy) is 1. The van der Waals surface area contributed by atoms with E-state index in [4.69, 9.17) is 62.7 Å². The highest BCUT2D eigenvalue weighted by molar-refractivity contribution is 6.67. The van der Waals surface area contributed by atoms with Gasteiger partial charge in [-0.2, -0.15) is 0 Å². The molecule has 0 aromatic carbocycles. The highest BCUT2D eigenvalue weighted by Crippen LogP contribution is 2.30. The standard InChI is InChI=1S/C6H8Cl5O2/c7-4(3-12)5(8)13-2-1-6(9,10)11/h4-5H,1-3H2. The summed E-state index contributed by atoms with van der Waals surface area (Å²) in [6, 6.07) is 0. The zero-order chi connectivity index (χ0) is 10.5.